The van der Waals surface area contributed by atoms with Gasteiger partial charge in [-0.1, -0.05) is 0 Å². The summed E-state index contributed by atoms with van der Waals surface area (Å²) in [6.45, 7) is 3.89. The minimum absolute atomic E-state index is 0.201. The Labute approximate surface area is 94.1 Å². The Balaban J connectivity index is 2.53. The van der Waals surface area contributed by atoms with Crippen LogP contribution in [0.4, 0.5) is 0 Å². The maximum absolute atomic E-state index is 11.6. The van der Waals surface area contributed by atoms with Gasteiger partial charge in [-0.05, 0) is 38.2 Å². The van der Waals surface area contributed by atoms with E-state index in [1.165, 1.54) is 6.20 Å². The summed E-state index contributed by atoms with van der Waals surface area (Å²) >= 11 is 4.94. The van der Waals surface area contributed by atoms with E-state index in [0.717, 1.165) is 0 Å². The van der Waals surface area contributed by atoms with Gasteiger partial charge in [0.2, 0.25) is 0 Å². The Morgan fingerprint density at radius 2 is 2.27 bits per heavy atom. The molecule has 1 aromatic rings. The molecule has 0 bridgehead atoms. The molecule has 80 valence electrons. The van der Waals surface area contributed by atoms with Crippen molar-refractivity contribution in [3.63, 3.8) is 0 Å². The van der Waals surface area contributed by atoms with Crippen molar-refractivity contribution in [1.82, 2.24) is 15.6 Å². The fourth-order valence-corrected chi connectivity index (χ4v) is 1.30. The van der Waals surface area contributed by atoms with Crippen LogP contribution >= 0.6 is 12.2 Å². The Morgan fingerprint density at radius 1 is 1.53 bits per heavy atom. The highest BCUT2D eigenvalue weighted by Gasteiger charge is 2.07. The van der Waals surface area contributed by atoms with Crippen molar-refractivity contribution in [3.05, 3.63) is 30.1 Å². The molecule has 0 aliphatic heterocycles. The molecule has 1 rings (SSSR count). The molecule has 1 amide bonds. The summed E-state index contributed by atoms with van der Waals surface area (Å²) in [5.74, 6) is -0.249. The predicted octanol–water partition coefficient (Wildman–Crippen LogP) is 1.09. The number of rotatable bonds is 2. The molecule has 0 radical (unpaired) electrons. The van der Waals surface area contributed by atoms with E-state index in [2.05, 4.69) is 15.6 Å². The average Bonchev–Trinajstić information content (AvgIpc) is 2.17. The molecule has 0 unspecified atom stereocenters. The van der Waals surface area contributed by atoms with Crippen LogP contribution in [-0.2, 0) is 0 Å². The summed E-state index contributed by atoms with van der Waals surface area (Å²) in [4.78, 5) is 15.4. The van der Waals surface area contributed by atoms with Gasteiger partial charge in [0.1, 0.15) is 0 Å². The van der Waals surface area contributed by atoms with Crippen LogP contribution in [0.2, 0.25) is 0 Å². The quantitative estimate of drug-likeness (QED) is 0.737. The summed E-state index contributed by atoms with van der Waals surface area (Å²) in [6, 6.07) is 3.58. The normalized spacial score (nSPS) is 9.80. The summed E-state index contributed by atoms with van der Waals surface area (Å²) in [6.07, 6.45) is 3.11. The third kappa shape index (κ3) is 4.03. The third-order valence-corrected chi connectivity index (χ3v) is 1.79. The van der Waals surface area contributed by atoms with Gasteiger partial charge < -0.3 is 5.32 Å². The van der Waals surface area contributed by atoms with Crippen molar-refractivity contribution in [2.45, 2.75) is 19.9 Å². The van der Waals surface area contributed by atoms with Crippen molar-refractivity contribution in [2.75, 3.05) is 0 Å². The van der Waals surface area contributed by atoms with E-state index >= 15 is 0 Å². The first kappa shape index (κ1) is 11.6. The van der Waals surface area contributed by atoms with Gasteiger partial charge in [-0.15, -0.1) is 0 Å². The standard InChI is InChI=1S/C10H13N3OS/c1-7(2)12-10(15)13-9(14)8-4-3-5-11-6-8/h3-7H,1-2H3,(H2,12,13,14,15). The molecule has 4 nitrogen and oxygen atoms in total. The van der Waals surface area contributed by atoms with Crippen molar-refractivity contribution in [3.8, 4) is 0 Å². The Hall–Kier alpha value is -1.49. The molecule has 0 spiro atoms. The van der Waals surface area contributed by atoms with Crippen LogP contribution in [0, 0.1) is 0 Å². The highest BCUT2D eigenvalue weighted by atomic mass is 32.1. The second kappa shape index (κ2) is 5.41. The van der Waals surface area contributed by atoms with Gasteiger partial charge in [-0.2, -0.15) is 0 Å². The number of nitrogens with zero attached hydrogens (tertiary/aromatic N) is 1. The van der Waals surface area contributed by atoms with Gasteiger partial charge in [0, 0.05) is 18.4 Å². The number of amides is 1. The Kier molecular flexibility index (Phi) is 4.17. The summed E-state index contributed by atoms with van der Waals surface area (Å²) in [7, 11) is 0. The molecule has 0 aliphatic rings. The molecular formula is C10H13N3OS. The minimum atomic E-state index is -0.249. The Bertz CT molecular complexity index is 351. The molecule has 2 N–H and O–H groups in total. The lowest BCUT2D eigenvalue weighted by Gasteiger charge is -2.11. The number of nitrogens with one attached hydrogen (secondary N) is 2. The lowest BCUT2D eigenvalue weighted by molar-refractivity contribution is 0.0976. The van der Waals surface area contributed by atoms with E-state index in [1.807, 2.05) is 13.8 Å². The van der Waals surface area contributed by atoms with Crippen LogP contribution < -0.4 is 10.6 Å². The molecule has 0 fully saturated rings. The second-order valence-electron chi connectivity index (χ2n) is 3.32. The van der Waals surface area contributed by atoms with E-state index in [0.29, 0.717) is 10.7 Å². The molecule has 0 atom stereocenters. The predicted molar refractivity (Wildman–Crippen MR) is 62.6 cm³/mol. The lowest BCUT2D eigenvalue weighted by atomic mass is 10.3. The van der Waals surface area contributed by atoms with E-state index in [1.54, 1.807) is 18.3 Å². The SMILES string of the molecule is CC(C)NC(=S)NC(=O)c1cccnc1. The Morgan fingerprint density at radius 3 is 2.80 bits per heavy atom. The van der Waals surface area contributed by atoms with Gasteiger partial charge >= 0.3 is 0 Å². The van der Waals surface area contributed by atoms with Crippen molar-refractivity contribution < 1.29 is 4.79 Å². The van der Waals surface area contributed by atoms with Crippen molar-refractivity contribution in [2.24, 2.45) is 0 Å². The van der Waals surface area contributed by atoms with Crippen molar-refractivity contribution >= 4 is 23.2 Å². The first-order chi connectivity index (χ1) is 7.09. The molecule has 1 heterocycles. The summed E-state index contributed by atoms with van der Waals surface area (Å²) in [5, 5.41) is 5.82. The second-order valence-corrected chi connectivity index (χ2v) is 3.73. The van der Waals surface area contributed by atoms with Gasteiger partial charge in [-0.3, -0.25) is 15.1 Å². The molecular weight excluding hydrogens is 210 g/mol. The molecule has 15 heavy (non-hydrogen) atoms. The topological polar surface area (TPSA) is 54.0 Å². The molecule has 0 aliphatic carbocycles. The van der Waals surface area contributed by atoms with Crippen LogP contribution in [-0.4, -0.2) is 22.0 Å². The molecule has 5 heteroatoms. The van der Waals surface area contributed by atoms with Crippen molar-refractivity contribution in [1.29, 1.82) is 0 Å². The highest BCUT2D eigenvalue weighted by Crippen LogP contribution is 1.94. The number of thiocarbonyl (C=S) groups is 1. The smallest absolute Gasteiger partial charge is 0.258 e. The molecule has 0 aromatic carbocycles. The number of carbonyl (C=O) groups is 1. The zero-order valence-electron chi connectivity index (χ0n) is 8.65. The maximum Gasteiger partial charge on any atom is 0.258 e. The maximum atomic E-state index is 11.6. The van der Waals surface area contributed by atoms with E-state index < -0.39 is 0 Å². The molecule has 0 saturated carbocycles. The van der Waals surface area contributed by atoms with Crippen LogP contribution in [0.25, 0.3) is 0 Å². The highest BCUT2D eigenvalue weighted by molar-refractivity contribution is 7.80. The zero-order valence-corrected chi connectivity index (χ0v) is 9.47. The van der Waals surface area contributed by atoms with Gasteiger partial charge in [-0.25, -0.2) is 0 Å². The largest absolute Gasteiger partial charge is 0.360 e. The number of aromatic nitrogens is 1. The first-order valence-electron chi connectivity index (χ1n) is 4.61. The van der Waals surface area contributed by atoms with Crippen LogP contribution in [0.3, 0.4) is 0 Å². The number of hydrogen-bond donors (Lipinski definition) is 2. The van der Waals surface area contributed by atoms with Crippen LogP contribution in [0.15, 0.2) is 24.5 Å². The fraction of sp³-hybridized carbons (Fsp3) is 0.300. The van der Waals surface area contributed by atoms with Gasteiger partial charge in [0.05, 0.1) is 5.56 Å². The van der Waals surface area contributed by atoms with Crippen LogP contribution in [0.5, 0.6) is 0 Å². The van der Waals surface area contributed by atoms with E-state index in [9.17, 15) is 4.79 Å². The average molecular weight is 223 g/mol. The van der Waals surface area contributed by atoms with Crippen LogP contribution in [0.1, 0.15) is 24.2 Å². The van der Waals surface area contributed by atoms with E-state index in [-0.39, 0.29) is 11.9 Å². The third-order valence-electron chi connectivity index (χ3n) is 1.57. The van der Waals surface area contributed by atoms with E-state index in [4.69, 9.17) is 12.2 Å². The van der Waals surface area contributed by atoms with Gasteiger partial charge in [0.25, 0.3) is 5.91 Å². The summed E-state index contributed by atoms with van der Waals surface area (Å²) in [5.41, 5.74) is 0.491. The number of hydrogen-bond acceptors (Lipinski definition) is 3. The monoisotopic (exact) mass is 223 g/mol. The minimum Gasteiger partial charge on any atom is -0.360 e. The molecule has 0 saturated heterocycles. The lowest BCUT2D eigenvalue weighted by Crippen LogP contribution is -2.42. The molecule has 1 aromatic heterocycles. The zero-order chi connectivity index (χ0) is 11.3. The fourth-order valence-electron chi connectivity index (χ4n) is 0.971. The number of pyridine rings is 1. The number of carbonyl (C=O) groups excluding carboxylic acids is 1. The first-order valence-corrected chi connectivity index (χ1v) is 5.02. The van der Waals surface area contributed by atoms with Gasteiger partial charge in [0.15, 0.2) is 5.11 Å². The summed E-state index contributed by atoms with van der Waals surface area (Å²) < 4.78 is 0.